The summed E-state index contributed by atoms with van der Waals surface area (Å²) in [5.74, 6) is 0.880. The van der Waals surface area contributed by atoms with Crippen molar-refractivity contribution in [2.75, 3.05) is 39.5 Å². The van der Waals surface area contributed by atoms with E-state index in [1.807, 2.05) is 119 Å². The van der Waals surface area contributed by atoms with Gasteiger partial charge in [-0.15, -0.1) is 11.3 Å². The average Bonchev–Trinajstić information content (AvgIpc) is 1.32. The molecule has 4 aromatic carbocycles. The van der Waals surface area contributed by atoms with E-state index in [9.17, 15) is 46.8 Å². The standard InChI is InChI=1S/C22H33N4O4S.C18H21N2O2S.C17H27NO2.C17H26NO2.C10H20NO2.C9H15N2O3.C7H14NO2.6Y/c1-2-23-21(27)20(17-18-9-5-3-6-10-18)24-22(26-13-15-30-16-14-26)25-31(28,29)19-11-7-4-8-12-19;1-2-19-17(21)22-13-18(9-6-10-18)11-16-20-15(12-23-16)14-7-4-3-5-8-14;1-13-9-11-15(12-10-13)8-6-7-14(2)18-16(19)20-17(3,4)5;1-5-18-16(19)20-15(17(2,3)4)13-9-12-14-10-7-6-8-11-14;1-6-11-10(12)13-9(7(2)3)8(4)5;1-4-10-8(13)14-6-7(12)11-5-9(6,2)3;1-5-8-6(9)10-7(2,3)4;;;;;;/h2,4,7-8,11-12,18,20H,3,5-6,9-10,13-17H2,1H3,(H,23,27)(H,24,25);2-5,7-8,12H,6,9-11,13H2,1H3,(H,19,21);9-12,14H,6-8H2,1-5H3,(H,18,19);5-8,10-11,15H,9,12-13H2,1-4H3,(H,18,19);6-9H,1-5H3,(H,11,12);4,6H,5H2,1-3H3,(H,10,13)(H,11,12);5H,1-4H3,(H,8,9);;;;;;/q2*-1;;4*-1;;;;;;/t20-;;;15-;;6-;;;;;;;/m0..1.1......./s1. The fraction of sp³-hybridized carbons (Fsp3) is 0.580. The summed E-state index contributed by atoms with van der Waals surface area (Å²) in [5.41, 5.74) is 4.95. The number of ether oxygens (including phenoxy) is 7. The number of rotatable bonds is 31. The van der Waals surface area contributed by atoms with Gasteiger partial charge in [-0.05, 0) is 160 Å². The molecular weight excluding hydrogens is 2240 g/mol. The molecule has 2 saturated heterocycles. The van der Waals surface area contributed by atoms with Gasteiger partial charge in [0.05, 0.1) is 35.4 Å². The number of morpholine rings is 1. The number of carbonyl (C=O) groups is 8. The Morgan fingerprint density at radius 1 is 0.591 bits per heavy atom. The Balaban J connectivity index is -0.000000767. The fourth-order valence-corrected chi connectivity index (χ4v) is 16.1. The van der Waals surface area contributed by atoms with Gasteiger partial charge in [-0.2, -0.15) is 41.5 Å². The minimum absolute atomic E-state index is 0. The number of benzene rings is 4. The summed E-state index contributed by atoms with van der Waals surface area (Å²) in [5, 5.41) is 23.9. The predicted octanol–water partition coefficient (Wildman–Crippen LogP) is 20.0. The second kappa shape index (κ2) is 75.6. The van der Waals surface area contributed by atoms with E-state index >= 15 is 0 Å². The van der Waals surface area contributed by atoms with E-state index in [1.54, 1.807) is 97.3 Å². The van der Waals surface area contributed by atoms with Gasteiger partial charge in [-0.25, -0.2) is 91.2 Å². The van der Waals surface area contributed by atoms with Gasteiger partial charge in [0.15, 0.2) is 6.10 Å². The molecule has 4 fully saturated rings. The first-order chi connectivity index (χ1) is 61.8. The van der Waals surface area contributed by atoms with E-state index in [1.165, 1.54) is 67.6 Å². The first kappa shape index (κ1) is 140. The summed E-state index contributed by atoms with van der Waals surface area (Å²) >= 11 is 1.69. The molecule has 2 aliphatic carbocycles. The van der Waals surface area contributed by atoms with Gasteiger partial charge in [-0.1, -0.05) is 210 Å². The van der Waals surface area contributed by atoms with Crippen molar-refractivity contribution in [1.29, 1.82) is 0 Å². The molecule has 2 saturated carbocycles. The maximum Gasteiger partial charge on any atom is 0.407 e. The first-order valence-corrected chi connectivity index (χ1v) is 48.3. The van der Waals surface area contributed by atoms with Crippen molar-refractivity contribution < 1.29 is 276 Å². The van der Waals surface area contributed by atoms with Crippen molar-refractivity contribution in [3.8, 4) is 11.3 Å². The normalized spacial score (nSPS) is 15.1. The summed E-state index contributed by atoms with van der Waals surface area (Å²) in [6.45, 7) is 56.2. The van der Waals surface area contributed by atoms with Crippen molar-refractivity contribution in [3.63, 3.8) is 0 Å². The number of aliphatic imine (C=N–C) groups is 1. The SMILES string of the molecule is C[CH-]NC(=O)OC(C(C)C)C(C)C.C[CH-]NC(=O)OC(C)(C)C.C[CH-]NC(=O)OCC1(Cc2nc(-c3ccccc3)cs2)CCC1.C[CH-]NC(=O)O[C@@H]1C(=O)NCC1(C)C.C[CH-]NC(=O)O[C@H](CCCc1ccccc1)C(C)(C)C.C[CH-]NC(=O)[C@H](CC1CCCCC1)N=C(NS(=O)(=O)c1ccccc1)N1CCOCC1.Cc1ccc(CCCC(C)NC(=O)OC(C)(C)C)cc1.[Y].[Y].[Y].[Y].[Y].[Y]. The molecule has 4 aliphatic rings. The quantitative estimate of drug-likeness (QED) is 0.00861. The number of amides is 8. The van der Waals surface area contributed by atoms with Crippen LogP contribution in [0.15, 0.2) is 131 Å². The van der Waals surface area contributed by atoms with Crippen LogP contribution < -0.4 is 47.3 Å². The van der Waals surface area contributed by atoms with Crippen molar-refractivity contribution in [1.82, 2.24) is 57.1 Å². The van der Waals surface area contributed by atoms with Crippen molar-refractivity contribution >= 4 is 75.7 Å². The molecule has 137 heavy (non-hydrogen) atoms. The second-order valence-electron chi connectivity index (χ2n) is 37.2. The third-order valence-corrected chi connectivity index (χ3v) is 23.1. The van der Waals surface area contributed by atoms with Crippen LogP contribution in [0.4, 0.5) is 28.8 Å². The Morgan fingerprint density at radius 2 is 1.07 bits per heavy atom. The summed E-state index contributed by atoms with van der Waals surface area (Å²) in [7, 11) is -3.83. The van der Waals surface area contributed by atoms with Gasteiger partial charge in [-0.3, -0.25) is 9.59 Å². The smallest absolute Gasteiger partial charge is 0.407 e. The molecular formula is C100H156N12O17S2Y6-6. The third kappa shape index (κ3) is 61.8. The molecule has 1 unspecified atom stereocenters. The van der Waals surface area contributed by atoms with Crippen LogP contribution in [0, 0.1) is 80.2 Å². The largest absolute Gasteiger partial charge is 0.504 e. The molecule has 5 aromatic rings. The number of sulfonamides is 1. The van der Waals surface area contributed by atoms with Crippen LogP contribution >= 0.6 is 11.3 Å². The summed E-state index contributed by atoms with van der Waals surface area (Å²) in [4.78, 5) is 103. The Bertz CT molecular complexity index is 4260. The molecule has 6 radical (unpaired) electrons. The van der Waals surface area contributed by atoms with Crippen molar-refractivity contribution in [2.45, 2.75) is 308 Å². The van der Waals surface area contributed by atoms with E-state index < -0.39 is 45.6 Å². The number of guanidine groups is 1. The zero-order valence-electron chi connectivity index (χ0n) is 85.7. The van der Waals surface area contributed by atoms with Crippen molar-refractivity contribution in [2.24, 2.45) is 39.0 Å². The molecule has 9 rings (SSSR count). The van der Waals surface area contributed by atoms with Crippen LogP contribution in [-0.4, -0.2) is 154 Å². The monoisotopic (exact) mass is 2390 g/mol. The Kier molecular flexibility index (Phi) is 77.3. The van der Waals surface area contributed by atoms with Crippen LogP contribution in [-0.2, 0) is 268 Å². The molecule has 37 heteroatoms. The second-order valence-corrected chi connectivity index (χ2v) is 39.8. The van der Waals surface area contributed by atoms with Gasteiger partial charge in [0, 0.05) is 250 Å². The van der Waals surface area contributed by atoms with Gasteiger partial charge in [0.1, 0.15) is 29.5 Å². The summed E-state index contributed by atoms with van der Waals surface area (Å²) in [6.07, 6.45) is 13.3. The Labute approximate surface area is 976 Å². The number of thiazole rings is 1. The molecule has 754 valence electrons. The number of alkyl carbamates (subject to hydrolysis) is 6. The van der Waals surface area contributed by atoms with Gasteiger partial charge in [0.25, 0.3) is 15.9 Å². The van der Waals surface area contributed by atoms with Crippen LogP contribution in [0.2, 0.25) is 0 Å². The number of nitrogens with one attached hydrogen (secondary N) is 9. The maximum atomic E-state index is 13.0. The van der Waals surface area contributed by atoms with Gasteiger partial charge in [0.2, 0.25) is 11.9 Å². The number of nitrogens with zero attached hydrogens (tertiary/aromatic N) is 3. The first-order valence-electron chi connectivity index (χ1n) is 46.0. The molecule has 1 aromatic heterocycles. The molecule has 2 aliphatic heterocycles. The number of aryl methyl sites for hydroxylation is 3. The number of hydrogen-bond donors (Lipinski definition) is 9. The minimum Gasteiger partial charge on any atom is -0.504 e. The third-order valence-electron chi connectivity index (χ3n) is 20.9. The fourth-order valence-electron chi connectivity index (χ4n) is 14.1. The zero-order valence-corrected chi connectivity index (χ0v) is 104. The van der Waals surface area contributed by atoms with Gasteiger partial charge < -0.3 is 80.6 Å². The summed E-state index contributed by atoms with van der Waals surface area (Å²) < 4.78 is 65.3. The average molecular weight is 2400 g/mol. The molecule has 3 heterocycles. The van der Waals surface area contributed by atoms with E-state index in [0.29, 0.717) is 63.6 Å². The maximum absolute atomic E-state index is 13.0. The van der Waals surface area contributed by atoms with Gasteiger partial charge >= 0.3 is 36.6 Å². The topological polar surface area (TPSA) is 372 Å². The molecule has 0 bridgehead atoms. The zero-order chi connectivity index (χ0) is 97.8. The summed E-state index contributed by atoms with van der Waals surface area (Å²) in [6, 6.07) is 36.9. The van der Waals surface area contributed by atoms with E-state index in [-0.39, 0.29) is 278 Å². The number of aromatic nitrogens is 1. The predicted molar refractivity (Wildman–Crippen MR) is 519 cm³/mol. The van der Waals surface area contributed by atoms with E-state index in [0.717, 1.165) is 86.9 Å². The molecule has 4 atom stereocenters. The Morgan fingerprint density at radius 3 is 1.55 bits per heavy atom. The Hall–Kier alpha value is -3.13. The van der Waals surface area contributed by atoms with Crippen molar-refractivity contribution in [3.05, 3.63) is 182 Å². The molecule has 29 nitrogen and oxygen atoms in total. The molecule has 0 spiro atoms. The van der Waals surface area contributed by atoms with Crippen LogP contribution in [0.3, 0.4) is 0 Å². The van der Waals surface area contributed by atoms with Crippen LogP contribution in [0.1, 0.15) is 257 Å². The minimum atomic E-state index is -3.83. The molecule has 9 N–H and O–H groups in total. The van der Waals surface area contributed by atoms with E-state index in [2.05, 4.69) is 146 Å². The molecule has 8 amide bonds. The van der Waals surface area contributed by atoms with E-state index in [4.69, 9.17) is 38.1 Å². The van der Waals surface area contributed by atoms with Crippen LogP contribution in [0.5, 0.6) is 0 Å². The number of carbonyl (C=O) groups excluding carboxylic acids is 8. The van der Waals surface area contributed by atoms with Crippen LogP contribution in [0.25, 0.3) is 11.3 Å². The number of hydrogen-bond acceptors (Lipinski definition) is 20.